The van der Waals surface area contributed by atoms with Crippen LogP contribution in [0.2, 0.25) is 0 Å². The maximum atomic E-state index is 11.9. The molecule has 2 rings (SSSR count). The van der Waals surface area contributed by atoms with Gasteiger partial charge in [0.15, 0.2) is 0 Å². The number of fused-ring (bicyclic) bond motifs is 1. The van der Waals surface area contributed by atoms with Crippen molar-refractivity contribution in [2.24, 2.45) is 0 Å². The third kappa shape index (κ3) is 1.82. The summed E-state index contributed by atoms with van der Waals surface area (Å²) in [5, 5.41) is 0.911. The van der Waals surface area contributed by atoms with E-state index in [1.54, 1.807) is 6.07 Å². The maximum Gasteiger partial charge on any atom is 0.387 e. The number of rotatable bonds is 2. The second-order valence-electron chi connectivity index (χ2n) is 2.74. The molecule has 1 aromatic heterocycles. The Morgan fingerprint density at radius 3 is 2.93 bits per heavy atom. The molecular weight excluding hydrogens is 208 g/mol. The zero-order valence-electron chi connectivity index (χ0n) is 7.33. The largest absolute Gasteiger partial charge is 0.435 e. The van der Waals surface area contributed by atoms with Gasteiger partial charge in [-0.25, -0.2) is 4.98 Å². The van der Waals surface area contributed by atoms with Gasteiger partial charge in [0.25, 0.3) is 0 Å². The van der Waals surface area contributed by atoms with Crippen LogP contribution in [0.1, 0.15) is 5.01 Å². The molecule has 5 heteroatoms. The molecule has 1 aromatic carbocycles. The van der Waals surface area contributed by atoms with Crippen LogP contribution in [-0.4, -0.2) is 11.6 Å². The third-order valence-corrected chi connectivity index (χ3v) is 2.64. The van der Waals surface area contributed by atoms with Gasteiger partial charge < -0.3 is 4.74 Å². The van der Waals surface area contributed by atoms with Crippen LogP contribution in [0.4, 0.5) is 8.78 Å². The lowest BCUT2D eigenvalue weighted by Gasteiger charge is -2.02. The number of hydrogen-bond acceptors (Lipinski definition) is 3. The highest BCUT2D eigenvalue weighted by Crippen LogP contribution is 2.26. The summed E-state index contributed by atoms with van der Waals surface area (Å²) in [4.78, 5) is 4.17. The van der Waals surface area contributed by atoms with Crippen molar-refractivity contribution in [3.8, 4) is 5.75 Å². The van der Waals surface area contributed by atoms with Crippen molar-refractivity contribution in [1.82, 2.24) is 4.98 Å². The van der Waals surface area contributed by atoms with Crippen molar-refractivity contribution in [2.45, 2.75) is 13.5 Å². The predicted molar refractivity (Wildman–Crippen MR) is 51.0 cm³/mol. The Labute approximate surface area is 83.1 Å². The van der Waals surface area contributed by atoms with E-state index >= 15 is 0 Å². The van der Waals surface area contributed by atoms with Crippen LogP contribution in [0.25, 0.3) is 10.2 Å². The minimum Gasteiger partial charge on any atom is -0.435 e. The molecule has 0 amide bonds. The number of thiazole rings is 1. The Morgan fingerprint density at radius 1 is 1.43 bits per heavy atom. The molecule has 0 radical (unpaired) electrons. The second kappa shape index (κ2) is 3.49. The van der Waals surface area contributed by atoms with Crippen molar-refractivity contribution >= 4 is 21.6 Å². The molecule has 0 fully saturated rings. The first kappa shape index (κ1) is 9.33. The van der Waals surface area contributed by atoms with Gasteiger partial charge in [0.2, 0.25) is 0 Å². The van der Waals surface area contributed by atoms with E-state index in [9.17, 15) is 8.78 Å². The molecule has 0 aliphatic rings. The summed E-state index contributed by atoms with van der Waals surface area (Å²) >= 11 is 1.53. The summed E-state index contributed by atoms with van der Waals surface area (Å²) in [6, 6.07) is 4.77. The van der Waals surface area contributed by atoms with Crippen LogP contribution in [-0.2, 0) is 0 Å². The number of hydrogen-bond donors (Lipinski definition) is 0. The first-order valence-electron chi connectivity index (χ1n) is 3.97. The number of nitrogens with zero attached hydrogens (tertiary/aromatic N) is 1. The number of aryl methyl sites for hydroxylation is 1. The fraction of sp³-hybridized carbons (Fsp3) is 0.222. The highest BCUT2D eigenvalue weighted by molar-refractivity contribution is 7.18. The average molecular weight is 215 g/mol. The molecule has 0 atom stereocenters. The molecule has 2 aromatic rings. The van der Waals surface area contributed by atoms with E-state index in [1.165, 1.54) is 23.5 Å². The lowest BCUT2D eigenvalue weighted by atomic mass is 10.3. The van der Waals surface area contributed by atoms with E-state index in [4.69, 9.17) is 0 Å². The van der Waals surface area contributed by atoms with E-state index < -0.39 is 6.61 Å². The average Bonchev–Trinajstić information content (AvgIpc) is 2.42. The SMILES string of the molecule is Cc1nc2cc(OC(F)F)ccc2s1. The highest BCUT2D eigenvalue weighted by Gasteiger charge is 2.06. The zero-order chi connectivity index (χ0) is 10.1. The molecule has 0 bridgehead atoms. The Morgan fingerprint density at radius 2 is 2.21 bits per heavy atom. The van der Waals surface area contributed by atoms with E-state index in [0.717, 1.165) is 9.71 Å². The van der Waals surface area contributed by atoms with Gasteiger partial charge in [0.1, 0.15) is 5.75 Å². The van der Waals surface area contributed by atoms with E-state index in [0.29, 0.717) is 5.52 Å². The van der Waals surface area contributed by atoms with Gasteiger partial charge in [0.05, 0.1) is 15.2 Å². The van der Waals surface area contributed by atoms with Gasteiger partial charge in [-0.1, -0.05) is 0 Å². The summed E-state index contributed by atoms with van der Waals surface area (Å²) in [6.45, 7) is -0.912. The van der Waals surface area contributed by atoms with E-state index in [1.807, 2.05) is 6.92 Å². The Kier molecular flexibility index (Phi) is 2.33. The molecule has 0 aliphatic heterocycles. The zero-order valence-corrected chi connectivity index (χ0v) is 8.15. The summed E-state index contributed by atoms with van der Waals surface area (Å²) < 4.78 is 29.0. The maximum absolute atomic E-state index is 11.9. The van der Waals surface area contributed by atoms with Gasteiger partial charge in [-0.15, -0.1) is 11.3 Å². The lowest BCUT2D eigenvalue weighted by Crippen LogP contribution is -2.01. The lowest BCUT2D eigenvalue weighted by molar-refractivity contribution is -0.0497. The standard InChI is InChI=1S/C9H7F2NOS/c1-5-12-7-4-6(13-9(10)11)2-3-8(7)14-5/h2-4,9H,1H3. The van der Waals surface area contributed by atoms with Crippen molar-refractivity contribution in [1.29, 1.82) is 0 Å². The highest BCUT2D eigenvalue weighted by atomic mass is 32.1. The van der Waals surface area contributed by atoms with Gasteiger partial charge in [-0.3, -0.25) is 0 Å². The molecule has 0 N–H and O–H groups in total. The number of benzene rings is 1. The Hall–Kier alpha value is -1.23. The number of alkyl halides is 2. The van der Waals surface area contributed by atoms with Crippen LogP contribution in [0, 0.1) is 6.92 Å². The first-order chi connectivity index (χ1) is 6.65. The summed E-state index contributed by atoms with van der Waals surface area (Å²) in [5.74, 6) is 0.151. The quantitative estimate of drug-likeness (QED) is 0.767. The van der Waals surface area contributed by atoms with Crippen LogP contribution >= 0.6 is 11.3 Å². The smallest absolute Gasteiger partial charge is 0.387 e. The van der Waals surface area contributed by atoms with Crippen molar-refractivity contribution in [3.63, 3.8) is 0 Å². The summed E-state index contributed by atoms with van der Waals surface area (Å²) in [6.07, 6.45) is 0. The van der Waals surface area contributed by atoms with Gasteiger partial charge in [0, 0.05) is 6.07 Å². The third-order valence-electron chi connectivity index (χ3n) is 1.69. The second-order valence-corrected chi connectivity index (χ2v) is 3.98. The van der Waals surface area contributed by atoms with Crippen molar-refractivity contribution in [3.05, 3.63) is 23.2 Å². The van der Waals surface area contributed by atoms with Gasteiger partial charge >= 0.3 is 6.61 Å². The molecule has 2 nitrogen and oxygen atoms in total. The summed E-state index contributed by atoms with van der Waals surface area (Å²) in [5.41, 5.74) is 0.700. The molecule has 14 heavy (non-hydrogen) atoms. The molecule has 74 valence electrons. The summed E-state index contributed by atoms with van der Waals surface area (Å²) in [7, 11) is 0. The molecule has 0 spiro atoms. The first-order valence-corrected chi connectivity index (χ1v) is 4.79. The topological polar surface area (TPSA) is 22.1 Å². The Balaban J connectivity index is 2.40. The molecule has 0 saturated heterocycles. The Bertz CT molecular complexity index is 455. The van der Waals surface area contributed by atoms with Gasteiger partial charge in [-0.05, 0) is 19.1 Å². The molecule has 0 unspecified atom stereocenters. The predicted octanol–water partition coefficient (Wildman–Crippen LogP) is 3.21. The monoisotopic (exact) mass is 215 g/mol. The van der Waals surface area contributed by atoms with Crippen LogP contribution in [0.5, 0.6) is 5.75 Å². The molecule has 1 heterocycles. The fourth-order valence-corrected chi connectivity index (χ4v) is 2.01. The minimum atomic E-state index is -2.79. The van der Waals surface area contributed by atoms with Crippen molar-refractivity contribution in [2.75, 3.05) is 0 Å². The van der Waals surface area contributed by atoms with Crippen molar-refractivity contribution < 1.29 is 13.5 Å². The van der Waals surface area contributed by atoms with E-state index in [2.05, 4.69) is 9.72 Å². The number of aromatic nitrogens is 1. The molecular formula is C9H7F2NOS. The number of halogens is 2. The molecule has 0 aliphatic carbocycles. The van der Waals surface area contributed by atoms with Crippen LogP contribution < -0.4 is 4.74 Å². The minimum absolute atomic E-state index is 0.151. The normalized spacial score (nSPS) is 11.1. The fourth-order valence-electron chi connectivity index (χ4n) is 1.20. The van der Waals surface area contributed by atoms with E-state index in [-0.39, 0.29) is 5.75 Å². The number of ether oxygens (including phenoxy) is 1. The van der Waals surface area contributed by atoms with Gasteiger partial charge in [-0.2, -0.15) is 8.78 Å². The molecule has 0 saturated carbocycles. The van der Waals surface area contributed by atoms with Crippen LogP contribution in [0.15, 0.2) is 18.2 Å². The van der Waals surface area contributed by atoms with Crippen LogP contribution in [0.3, 0.4) is 0 Å².